The van der Waals surface area contributed by atoms with Gasteiger partial charge in [-0.1, -0.05) is 18.2 Å². The SMILES string of the molecule is CCN(C(=O)c1cc(C)c2ccccc2n1)C1CCN(C)CC1. The van der Waals surface area contributed by atoms with Gasteiger partial charge in [-0.3, -0.25) is 4.79 Å². The van der Waals surface area contributed by atoms with Gasteiger partial charge in [0.1, 0.15) is 5.69 Å². The van der Waals surface area contributed by atoms with E-state index in [-0.39, 0.29) is 5.91 Å². The zero-order chi connectivity index (χ0) is 16.4. The van der Waals surface area contributed by atoms with Crippen molar-refractivity contribution >= 4 is 16.8 Å². The molecule has 3 rings (SSSR count). The lowest BCUT2D eigenvalue weighted by atomic mass is 10.0. The van der Waals surface area contributed by atoms with E-state index in [1.54, 1.807) is 0 Å². The van der Waals surface area contributed by atoms with Gasteiger partial charge in [0.05, 0.1) is 5.52 Å². The molecule has 0 bridgehead atoms. The summed E-state index contributed by atoms with van der Waals surface area (Å²) in [5, 5.41) is 1.12. The molecule has 1 aliphatic heterocycles. The number of aromatic nitrogens is 1. The average molecular weight is 311 g/mol. The van der Waals surface area contributed by atoms with Crippen molar-refractivity contribution in [2.45, 2.75) is 32.7 Å². The van der Waals surface area contributed by atoms with Crippen LogP contribution in [0.4, 0.5) is 0 Å². The number of pyridine rings is 1. The summed E-state index contributed by atoms with van der Waals surface area (Å²) in [7, 11) is 2.14. The van der Waals surface area contributed by atoms with Gasteiger partial charge in [0.2, 0.25) is 0 Å². The van der Waals surface area contributed by atoms with E-state index in [1.807, 2.05) is 36.1 Å². The molecule has 1 saturated heterocycles. The number of likely N-dealkylation sites (tertiary alicyclic amines) is 1. The van der Waals surface area contributed by atoms with Crippen LogP contribution >= 0.6 is 0 Å². The number of carbonyl (C=O) groups excluding carboxylic acids is 1. The number of benzene rings is 1. The van der Waals surface area contributed by atoms with Gasteiger partial charge in [-0.05, 0) is 64.5 Å². The van der Waals surface area contributed by atoms with Crippen molar-refractivity contribution in [2.75, 3.05) is 26.7 Å². The third-order valence-electron chi connectivity index (χ3n) is 4.87. The second-order valence-corrected chi connectivity index (χ2v) is 6.47. The first-order valence-corrected chi connectivity index (χ1v) is 8.46. The highest BCUT2D eigenvalue weighted by Gasteiger charge is 2.27. The third-order valence-corrected chi connectivity index (χ3v) is 4.87. The Labute approximate surface area is 138 Å². The highest BCUT2D eigenvalue weighted by atomic mass is 16.2. The summed E-state index contributed by atoms with van der Waals surface area (Å²) >= 11 is 0. The van der Waals surface area contributed by atoms with Crippen LogP contribution in [0.2, 0.25) is 0 Å². The van der Waals surface area contributed by atoms with Crippen molar-refractivity contribution in [1.82, 2.24) is 14.8 Å². The minimum absolute atomic E-state index is 0.0657. The number of carbonyl (C=O) groups is 1. The fourth-order valence-electron chi connectivity index (χ4n) is 3.48. The molecule has 0 spiro atoms. The van der Waals surface area contributed by atoms with Crippen LogP contribution < -0.4 is 0 Å². The molecule has 2 aromatic rings. The van der Waals surface area contributed by atoms with Crippen LogP contribution in [0.25, 0.3) is 10.9 Å². The number of hydrogen-bond donors (Lipinski definition) is 0. The first-order chi connectivity index (χ1) is 11.1. The smallest absolute Gasteiger partial charge is 0.272 e. The topological polar surface area (TPSA) is 36.4 Å². The summed E-state index contributed by atoms with van der Waals surface area (Å²) in [4.78, 5) is 21.9. The number of piperidine rings is 1. The molecule has 0 atom stereocenters. The molecule has 0 saturated carbocycles. The Morgan fingerprint density at radius 1 is 1.30 bits per heavy atom. The molecule has 1 aliphatic rings. The van der Waals surface area contributed by atoms with Gasteiger partial charge in [-0.25, -0.2) is 4.98 Å². The van der Waals surface area contributed by atoms with Crippen LogP contribution in [-0.4, -0.2) is 53.4 Å². The lowest BCUT2D eigenvalue weighted by Crippen LogP contribution is -2.46. The predicted octanol–water partition coefficient (Wildman–Crippen LogP) is 3.10. The van der Waals surface area contributed by atoms with Crippen LogP contribution in [0.15, 0.2) is 30.3 Å². The zero-order valence-corrected chi connectivity index (χ0v) is 14.2. The van der Waals surface area contributed by atoms with Crippen molar-refractivity contribution in [3.8, 4) is 0 Å². The van der Waals surface area contributed by atoms with Crippen LogP contribution in [-0.2, 0) is 0 Å². The summed E-state index contributed by atoms with van der Waals surface area (Å²) in [6.45, 7) is 6.95. The molecule has 1 aromatic heterocycles. The molecule has 0 radical (unpaired) electrons. The number of para-hydroxylation sites is 1. The molecule has 122 valence electrons. The minimum atomic E-state index is 0.0657. The lowest BCUT2D eigenvalue weighted by Gasteiger charge is -2.36. The molecular weight excluding hydrogens is 286 g/mol. The Morgan fingerprint density at radius 3 is 2.70 bits per heavy atom. The Kier molecular flexibility index (Phi) is 4.62. The highest BCUT2D eigenvalue weighted by molar-refractivity contribution is 5.96. The third kappa shape index (κ3) is 3.22. The molecule has 1 amide bonds. The second-order valence-electron chi connectivity index (χ2n) is 6.47. The van der Waals surface area contributed by atoms with Crippen LogP contribution in [0, 0.1) is 6.92 Å². The van der Waals surface area contributed by atoms with E-state index in [0.717, 1.165) is 48.9 Å². The van der Waals surface area contributed by atoms with Gasteiger partial charge in [0.25, 0.3) is 5.91 Å². The van der Waals surface area contributed by atoms with Crippen molar-refractivity contribution in [1.29, 1.82) is 0 Å². The summed E-state index contributed by atoms with van der Waals surface area (Å²) in [6, 6.07) is 10.3. The number of aryl methyl sites for hydroxylation is 1. The van der Waals surface area contributed by atoms with Crippen LogP contribution in [0.3, 0.4) is 0 Å². The standard InChI is InChI=1S/C19H25N3O/c1-4-22(15-9-11-21(3)12-10-15)19(23)18-13-14(2)16-7-5-6-8-17(16)20-18/h5-8,13,15H,4,9-12H2,1-3H3. The highest BCUT2D eigenvalue weighted by Crippen LogP contribution is 2.21. The molecule has 0 aliphatic carbocycles. The molecule has 0 N–H and O–H groups in total. The summed E-state index contributed by atoms with van der Waals surface area (Å²) in [5.74, 6) is 0.0657. The van der Waals surface area contributed by atoms with Gasteiger partial charge >= 0.3 is 0 Å². The maximum Gasteiger partial charge on any atom is 0.272 e. The summed E-state index contributed by atoms with van der Waals surface area (Å²) < 4.78 is 0. The Morgan fingerprint density at radius 2 is 2.00 bits per heavy atom. The molecule has 4 nitrogen and oxygen atoms in total. The normalized spacial score (nSPS) is 16.7. The van der Waals surface area contributed by atoms with E-state index in [9.17, 15) is 4.79 Å². The van der Waals surface area contributed by atoms with E-state index < -0.39 is 0 Å². The maximum absolute atomic E-state index is 13.0. The Balaban J connectivity index is 1.89. The lowest BCUT2D eigenvalue weighted by molar-refractivity contribution is 0.0601. The summed E-state index contributed by atoms with van der Waals surface area (Å²) in [6.07, 6.45) is 2.09. The van der Waals surface area contributed by atoms with Gasteiger partial charge in [-0.15, -0.1) is 0 Å². The van der Waals surface area contributed by atoms with Crippen molar-refractivity contribution in [3.63, 3.8) is 0 Å². The van der Waals surface area contributed by atoms with E-state index in [0.29, 0.717) is 11.7 Å². The van der Waals surface area contributed by atoms with Crippen molar-refractivity contribution in [2.24, 2.45) is 0 Å². The summed E-state index contributed by atoms with van der Waals surface area (Å²) in [5.41, 5.74) is 2.58. The maximum atomic E-state index is 13.0. The molecule has 23 heavy (non-hydrogen) atoms. The molecular formula is C19H25N3O. The van der Waals surface area contributed by atoms with Crippen molar-refractivity contribution < 1.29 is 4.79 Å². The van der Waals surface area contributed by atoms with E-state index in [4.69, 9.17) is 0 Å². The Bertz CT molecular complexity index is 705. The quantitative estimate of drug-likeness (QED) is 0.874. The van der Waals surface area contributed by atoms with Gasteiger partial charge in [0.15, 0.2) is 0 Å². The number of rotatable bonds is 3. The number of amides is 1. The van der Waals surface area contributed by atoms with Gasteiger partial charge in [0, 0.05) is 18.0 Å². The minimum Gasteiger partial charge on any atom is -0.335 e. The van der Waals surface area contributed by atoms with Gasteiger partial charge in [-0.2, -0.15) is 0 Å². The van der Waals surface area contributed by atoms with E-state index in [2.05, 4.69) is 29.9 Å². The largest absolute Gasteiger partial charge is 0.335 e. The van der Waals surface area contributed by atoms with Crippen LogP contribution in [0.5, 0.6) is 0 Å². The van der Waals surface area contributed by atoms with Crippen LogP contribution in [0.1, 0.15) is 35.8 Å². The fourth-order valence-corrected chi connectivity index (χ4v) is 3.48. The van der Waals surface area contributed by atoms with E-state index >= 15 is 0 Å². The monoisotopic (exact) mass is 311 g/mol. The first-order valence-electron chi connectivity index (χ1n) is 8.46. The zero-order valence-electron chi connectivity index (χ0n) is 14.2. The fraction of sp³-hybridized carbons (Fsp3) is 0.474. The van der Waals surface area contributed by atoms with Gasteiger partial charge < -0.3 is 9.80 Å². The Hall–Kier alpha value is -1.94. The first kappa shape index (κ1) is 15.9. The second kappa shape index (κ2) is 6.67. The average Bonchev–Trinajstić information content (AvgIpc) is 2.57. The number of hydrogen-bond acceptors (Lipinski definition) is 3. The molecule has 1 fully saturated rings. The molecule has 1 aromatic carbocycles. The predicted molar refractivity (Wildman–Crippen MR) is 93.7 cm³/mol. The molecule has 0 unspecified atom stereocenters. The van der Waals surface area contributed by atoms with Crippen molar-refractivity contribution in [3.05, 3.63) is 41.6 Å². The van der Waals surface area contributed by atoms with E-state index in [1.165, 1.54) is 0 Å². The molecule has 4 heteroatoms. The molecule has 2 heterocycles. The number of nitrogens with zero attached hydrogens (tertiary/aromatic N) is 3. The number of fused-ring (bicyclic) bond motifs is 1.